The van der Waals surface area contributed by atoms with Gasteiger partial charge in [-0.1, -0.05) is 6.07 Å². The number of nitrogens with zero attached hydrogens (tertiary/aromatic N) is 3. The number of aliphatic hydroxyl groups excluding tert-OH is 1. The first-order valence-corrected chi connectivity index (χ1v) is 7.98. The van der Waals surface area contributed by atoms with Gasteiger partial charge in [-0.2, -0.15) is 4.98 Å². The number of hydrogen-bond donors (Lipinski definition) is 2. The fraction of sp³-hybridized carbons (Fsp3) is 0.412. The van der Waals surface area contributed by atoms with E-state index in [2.05, 4.69) is 15.3 Å². The molecule has 1 aromatic carbocycles. The monoisotopic (exact) mass is 332 g/mol. The van der Waals surface area contributed by atoms with Crippen molar-refractivity contribution in [3.8, 4) is 5.88 Å². The summed E-state index contributed by atoms with van der Waals surface area (Å²) in [5, 5.41) is 12.6. The number of anilines is 2. The summed E-state index contributed by atoms with van der Waals surface area (Å²) in [6, 6.07) is 6.86. The molecular weight excluding hydrogens is 311 g/mol. The Kier molecular flexibility index (Phi) is 5.10. The largest absolute Gasteiger partial charge is 0.481 e. The number of nitrogens with one attached hydrogen (secondary N) is 1. The first kappa shape index (κ1) is 16.4. The van der Waals surface area contributed by atoms with Crippen LogP contribution >= 0.6 is 0 Å². The maximum absolute atomic E-state index is 14.4. The number of aliphatic hydroxyl groups is 1. The Morgan fingerprint density at radius 3 is 2.83 bits per heavy atom. The van der Waals surface area contributed by atoms with Gasteiger partial charge < -0.3 is 20.1 Å². The van der Waals surface area contributed by atoms with E-state index in [1.807, 2.05) is 11.0 Å². The van der Waals surface area contributed by atoms with Crippen LogP contribution in [0.25, 0.3) is 0 Å². The number of halogens is 1. The van der Waals surface area contributed by atoms with Gasteiger partial charge in [0.15, 0.2) is 0 Å². The van der Waals surface area contributed by atoms with E-state index in [4.69, 9.17) is 4.74 Å². The standard InChI is InChI=1S/C17H21FN4O2/c1-24-16-4-7-19-17(21-16)20-11-12-2-3-15(14(18)10-12)22-8-5-13(23)6-9-22/h2-4,7,10,13,23H,5-6,8-9,11H2,1H3,(H,19,20,21). The van der Waals surface area contributed by atoms with Gasteiger partial charge in [0.05, 0.1) is 18.9 Å². The maximum Gasteiger partial charge on any atom is 0.226 e. The van der Waals surface area contributed by atoms with Gasteiger partial charge in [-0.25, -0.2) is 9.37 Å². The van der Waals surface area contributed by atoms with E-state index >= 15 is 0 Å². The van der Waals surface area contributed by atoms with Gasteiger partial charge in [-0.3, -0.25) is 0 Å². The van der Waals surface area contributed by atoms with Crippen LogP contribution < -0.4 is 15.0 Å². The van der Waals surface area contributed by atoms with E-state index < -0.39 is 0 Å². The van der Waals surface area contributed by atoms with E-state index in [9.17, 15) is 9.50 Å². The molecule has 0 spiro atoms. The molecule has 0 unspecified atom stereocenters. The molecule has 7 heteroatoms. The molecule has 1 aliphatic heterocycles. The van der Waals surface area contributed by atoms with Crippen LogP contribution in [0.3, 0.4) is 0 Å². The van der Waals surface area contributed by atoms with Gasteiger partial charge in [0.1, 0.15) is 5.82 Å². The Morgan fingerprint density at radius 2 is 2.12 bits per heavy atom. The number of ether oxygens (including phenoxy) is 1. The van der Waals surface area contributed by atoms with Crippen LogP contribution in [0.15, 0.2) is 30.5 Å². The Hall–Kier alpha value is -2.41. The van der Waals surface area contributed by atoms with E-state index in [1.165, 1.54) is 6.07 Å². The molecule has 0 radical (unpaired) electrons. The lowest BCUT2D eigenvalue weighted by Crippen LogP contribution is -2.36. The van der Waals surface area contributed by atoms with Crippen LogP contribution in [0, 0.1) is 5.82 Å². The van der Waals surface area contributed by atoms with E-state index in [0.29, 0.717) is 50.0 Å². The molecule has 128 valence electrons. The first-order valence-electron chi connectivity index (χ1n) is 7.98. The van der Waals surface area contributed by atoms with Crippen LogP contribution in [0.5, 0.6) is 5.88 Å². The summed E-state index contributed by atoms with van der Waals surface area (Å²) in [5.74, 6) is 0.655. The summed E-state index contributed by atoms with van der Waals surface area (Å²) in [4.78, 5) is 10.2. The van der Waals surface area contributed by atoms with Crippen LogP contribution in [-0.4, -0.2) is 41.4 Å². The van der Waals surface area contributed by atoms with Crippen LogP contribution in [-0.2, 0) is 6.54 Å². The summed E-state index contributed by atoms with van der Waals surface area (Å²) in [7, 11) is 1.54. The highest BCUT2D eigenvalue weighted by Crippen LogP contribution is 2.24. The maximum atomic E-state index is 14.4. The zero-order valence-electron chi connectivity index (χ0n) is 13.6. The third kappa shape index (κ3) is 3.91. The van der Waals surface area contributed by atoms with Crippen molar-refractivity contribution in [2.24, 2.45) is 0 Å². The predicted molar refractivity (Wildman–Crippen MR) is 89.8 cm³/mol. The molecule has 0 amide bonds. The SMILES string of the molecule is COc1ccnc(NCc2ccc(N3CCC(O)CC3)c(F)c2)n1. The lowest BCUT2D eigenvalue weighted by molar-refractivity contribution is 0.145. The summed E-state index contributed by atoms with van der Waals surface area (Å²) in [6.45, 7) is 1.77. The summed E-state index contributed by atoms with van der Waals surface area (Å²) < 4.78 is 19.4. The predicted octanol–water partition coefficient (Wildman–Crippen LogP) is 2.20. The summed E-state index contributed by atoms with van der Waals surface area (Å²) >= 11 is 0. The van der Waals surface area contributed by atoms with E-state index in [0.717, 1.165) is 5.56 Å². The Bertz CT molecular complexity index is 690. The molecule has 2 N–H and O–H groups in total. The zero-order chi connectivity index (χ0) is 16.9. The highest BCUT2D eigenvalue weighted by molar-refractivity contribution is 5.50. The van der Waals surface area contributed by atoms with Crippen LogP contribution in [0.4, 0.5) is 16.0 Å². The molecule has 0 bridgehead atoms. The number of hydrogen-bond acceptors (Lipinski definition) is 6. The molecule has 1 fully saturated rings. The smallest absolute Gasteiger partial charge is 0.226 e. The fourth-order valence-corrected chi connectivity index (χ4v) is 2.75. The quantitative estimate of drug-likeness (QED) is 0.875. The molecule has 0 aliphatic carbocycles. The lowest BCUT2D eigenvalue weighted by Gasteiger charge is -2.31. The number of methoxy groups -OCH3 is 1. The van der Waals surface area contributed by atoms with E-state index in [-0.39, 0.29) is 11.9 Å². The minimum absolute atomic E-state index is 0.253. The molecule has 1 aliphatic rings. The van der Waals surface area contributed by atoms with Crippen molar-refractivity contribution in [3.05, 3.63) is 41.8 Å². The van der Waals surface area contributed by atoms with Crippen molar-refractivity contribution in [1.82, 2.24) is 9.97 Å². The van der Waals surface area contributed by atoms with Gasteiger partial charge in [-0.15, -0.1) is 0 Å². The molecule has 2 heterocycles. The van der Waals surface area contributed by atoms with Crippen molar-refractivity contribution in [1.29, 1.82) is 0 Å². The second kappa shape index (κ2) is 7.44. The second-order valence-corrected chi connectivity index (χ2v) is 5.78. The normalized spacial score (nSPS) is 15.4. The van der Waals surface area contributed by atoms with Crippen LogP contribution in [0.2, 0.25) is 0 Å². The van der Waals surface area contributed by atoms with Crippen LogP contribution in [0.1, 0.15) is 18.4 Å². The molecule has 6 nitrogen and oxygen atoms in total. The molecule has 1 aromatic heterocycles. The molecule has 2 aromatic rings. The van der Waals surface area contributed by atoms with Crippen molar-refractivity contribution in [3.63, 3.8) is 0 Å². The third-order valence-corrected chi connectivity index (χ3v) is 4.11. The zero-order valence-corrected chi connectivity index (χ0v) is 13.6. The van der Waals surface area contributed by atoms with Crippen molar-refractivity contribution >= 4 is 11.6 Å². The molecule has 0 saturated carbocycles. The number of piperidine rings is 1. The van der Waals surface area contributed by atoms with Crippen molar-refractivity contribution < 1.29 is 14.2 Å². The molecule has 1 saturated heterocycles. The summed E-state index contributed by atoms with van der Waals surface area (Å²) in [5.41, 5.74) is 1.39. The van der Waals surface area contributed by atoms with E-state index in [1.54, 1.807) is 25.4 Å². The first-order chi connectivity index (χ1) is 11.7. The number of aromatic nitrogens is 2. The van der Waals surface area contributed by atoms with Gasteiger partial charge in [0.25, 0.3) is 0 Å². The Morgan fingerprint density at radius 1 is 1.33 bits per heavy atom. The van der Waals surface area contributed by atoms with Gasteiger partial charge in [-0.05, 0) is 30.5 Å². The fourth-order valence-electron chi connectivity index (χ4n) is 2.75. The average Bonchev–Trinajstić information content (AvgIpc) is 2.61. The summed E-state index contributed by atoms with van der Waals surface area (Å²) in [6.07, 6.45) is 2.68. The highest BCUT2D eigenvalue weighted by atomic mass is 19.1. The molecule has 3 rings (SSSR count). The number of rotatable bonds is 5. The minimum atomic E-state index is -0.268. The minimum Gasteiger partial charge on any atom is -0.481 e. The Labute approximate surface area is 140 Å². The third-order valence-electron chi connectivity index (χ3n) is 4.11. The Balaban J connectivity index is 1.64. The van der Waals surface area contributed by atoms with Crippen molar-refractivity contribution in [2.45, 2.75) is 25.5 Å². The highest BCUT2D eigenvalue weighted by Gasteiger charge is 2.19. The molecular formula is C17H21FN4O2. The second-order valence-electron chi connectivity index (χ2n) is 5.78. The van der Waals surface area contributed by atoms with Crippen molar-refractivity contribution in [2.75, 3.05) is 30.4 Å². The average molecular weight is 332 g/mol. The lowest BCUT2D eigenvalue weighted by atomic mass is 10.1. The van der Waals surface area contributed by atoms with Gasteiger partial charge in [0.2, 0.25) is 11.8 Å². The van der Waals surface area contributed by atoms with Gasteiger partial charge >= 0.3 is 0 Å². The molecule has 24 heavy (non-hydrogen) atoms. The number of benzene rings is 1. The van der Waals surface area contributed by atoms with Gasteiger partial charge in [0, 0.05) is 31.9 Å². The topological polar surface area (TPSA) is 70.5 Å². The molecule has 0 atom stereocenters.